The second-order valence-electron chi connectivity index (χ2n) is 10.8. The number of carboxylic acid groups (broad SMARTS) is 1. The van der Waals surface area contributed by atoms with Crippen molar-refractivity contribution in [3.63, 3.8) is 0 Å². The van der Waals surface area contributed by atoms with Crippen molar-refractivity contribution in [3.8, 4) is 11.6 Å². The quantitative estimate of drug-likeness (QED) is 0.360. The average molecular weight is 570 g/mol. The summed E-state index contributed by atoms with van der Waals surface area (Å²) in [6.07, 6.45) is 6.54. The van der Waals surface area contributed by atoms with Crippen LogP contribution in [0.4, 0.5) is 8.78 Å². The molecule has 0 saturated heterocycles. The zero-order valence-corrected chi connectivity index (χ0v) is 23.0. The summed E-state index contributed by atoms with van der Waals surface area (Å²) in [5.74, 6) is -2.54. The number of hydrogen-bond acceptors (Lipinski definition) is 6. The molecule has 0 amide bonds. The molecule has 2 aromatic carbocycles. The van der Waals surface area contributed by atoms with Gasteiger partial charge in [0.15, 0.2) is 22.9 Å². The first-order valence-corrected chi connectivity index (χ1v) is 13.7. The molecule has 210 valence electrons. The lowest BCUT2D eigenvalue weighted by Crippen LogP contribution is -2.41. The first-order chi connectivity index (χ1) is 19.1. The van der Waals surface area contributed by atoms with E-state index in [1.807, 2.05) is 12.1 Å². The third-order valence-corrected chi connectivity index (χ3v) is 7.86. The summed E-state index contributed by atoms with van der Waals surface area (Å²) < 4.78 is 40.2. The van der Waals surface area contributed by atoms with Crippen LogP contribution in [-0.2, 0) is 10.5 Å². The normalized spacial score (nSPS) is 17.3. The molecule has 1 unspecified atom stereocenters. The number of carboxylic acids is 1. The van der Waals surface area contributed by atoms with E-state index in [4.69, 9.17) is 31.1 Å². The van der Waals surface area contributed by atoms with Crippen LogP contribution in [0.5, 0.6) is 11.6 Å². The average Bonchev–Trinajstić information content (AvgIpc) is 3.29. The fourth-order valence-corrected chi connectivity index (χ4v) is 5.57. The number of fused-ring (bicyclic) bond motifs is 1. The Bertz CT molecular complexity index is 1470. The first kappa shape index (κ1) is 28.0. The molecule has 1 saturated carbocycles. The van der Waals surface area contributed by atoms with Crippen LogP contribution in [0.1, 0.15) is 51.5 Å². The molecular formula is C30H30ClF2N3O4. The zero-order valence-electron chi connectivity index (χ0n) is 22.2. The lowest BCUT2D eigenvalue weighted by molar-refractivity contribution is -0.152. The van der Waals surface area contributed by atoms with E-state index in [1.54, 1.807) is 24.3 Å². The van der Waals surface area contributed by atoms with Gasteiger partial charge >= 0.3 is 5.97 Å². The summed E-state index contributed by atoms with van der Waals surface area (Å²) in [6.45, 7) is 3.09. The topological polar surface area (TPSA) is 93.4 Å². The van der Waals surface area contributed by atoms with Gasteiger partial charge in [0.25, 0.3) is 0 Å². The van der Waals surface area contributed by atoms with E-state index in [0.29, 0.717) is 16.7 Å². The highest BCUT2D eigenvalue weighted by Gasteiger charge is 2.46. The van der Waals surface area contributed by atoms with Crippen LogP contribution in [0.2, 0.25) is 5.02 Å². The third-order valence-electron chi connectivity index (χ3n) is 7.61. The van der Waals surface area contributed by atoms with Crippen molar-refractivity contribution in [2.75, 3.05) is 6.61 Å². The lowest BCUT2D eigenvalue weighted by atomic mass is 9.72. The highest BCUT2D eigenvalue weighted by Crippen LogP contribution is 2.45. The number of nitrogens with zero attached hydrogens (tertiary/aromatic N) is 3. The second-order valence-corrected chi connectivity index (χ2v) is 11.2. The van der Waals surface area contributed by atoms with Gasteiger partial charge in [0, 0.05) is 34.7 Å². The van der Waals surface area contributed by atoms with Crippen LogP contribution in [0.25, 0.3) is 0 Å². The molecule has 2 aliphatic rings. The molecule has 1 fully saturated rings. The molecule has 1 aromatic heterocycles. The lowest BCUT2D eigenvalue weighted by Gasteiger charge is -2.39. The SMILES string of the molecule is CC(C)(Oc1ccc(OCC(C2CCCCC2)C2(c3ccc(Cl)cc3)N=c3cc(F)c(F)cc3=N2)nc1)C(=O)O. The Morgan fingerprint density at radius 2 is 1.68 bits per heavy atom. The predicted molar refractivity (Wildman–Crippen MR) is 144 cm³/mol. The minimum Gasteiger partial charge on any atom is -0.478 e. The number of ether oxygens (including phenoxy) is 2. The number of aliphatic carboxylic acids is 1. The van der Waals surface area contributed by atoms with Crippen LogP contribution < -0.4 is 20.2 Å². The molecule has 5 rings (SSSR count). The number of halogens is 3. The van der Waals surface area contributed by atoms with Crippen molar-refractivity contribution < 1.29 is 28.2 Å². The standard InChI is InChI=1S/C30H30ClF2N3O4/c1-29(2,28(37)38)40-21-12-13-27(34-16-21)39-17-22(18-6-4-3-5-7-18)30(19-8-10-20(31)11-9-19)35-25-14-23(32)24(33)15-26(25)36-30/h8-16,18,22H,3-7,17H2,1-2H3,(H,37,38). The Hall–Kier alpha value is -3.59. The first-order valence-electron chi connectivity index (χ1n) is 13.3. The smallest absolute Gasteiger partial charge is 0.347 e. The Balaban J connectivity index is 1.51. The van der Waals surface area contributed by atoms with Crippen molar-refractivity contribution in [3.05, 3.63) is 87.7 Å². The van der Waals surface area contributed by atoms with Gasteiger partial charge < -0.3 is 14.6 Å². The van der Waals surface area contributed by atoms with E-state index in [2.05, 4.69) is 4.98 Å². The number of benzene rings is 2. The Kier molecular flexibility index (Phi) is 7.77. The van der Waals surface area contributed by atoms with E-state index < -0.39 is 28.9 Å². The summed E-state index contributed by atoms with van der Waals surface area (Å²) in [7, 11) is 0. The van der Waals surface area contributed by atoms with Gasteiger partial charge in [-0.25, -0.2) is 28.5 Å². The molecule has 2 heterocycles. The fraction of sp³-hybridized carbons (Fsp3) is 0.400. The highest BCUT2D eigenvalue weighted by atomic mass is 35.5. The molecule has 0 spiro atoms. The molecule has 1 atom stereocenters. The summed E-state index contributed by atoms with van der Waals surface area (Å²) in [4.78, 5) is 25.6. The predicted octanol–water partition coefficient (Wildman–Crippen LogP) is 5.64. The van der Waals surface area contributed by atoms with E-state index in [9.17, 15) is 18.7 Å². The van der Waals surface area contributed by atoms with Gasteiger partial charge in [-0.05, 0) is 50.8 Å². The van der Waals surface area contributed by atoms with Gasteiger partial charge in [0.2, 0.25) is 5.88 Å². The molecule has 1 N–H and O–H groups in total. The number of carbonyl (C=O) groups is 1. The Morgan fingerprint density at radius 1 is 1.05 bits per heavy atom. The second kappa shape index (κ2) is 11.1. The summed E-state index contributed by atoms with van der Waals surface area (Å²) in [5, 5.41) is 10.4. The Labute approximate surface area is 235 Å². The Morgan fingerprint density at radius 3 is 2.23 bits per heavy atom. The van der Waals surface area contributed by atoms with Crippen molar-refractivity contribution in [2.45, 2.75) is 57.2 Å². The van der Waals surface area contributed by atoms with Crippen molar-refractivity contribution in [1.29, 1.82) is 0 Å². The van der Waals surface area contributed by atoms with Crippen LogP contribution in [0.3, 0.4) is 0 Å². The molecule has 7 nitrogen and oxygen atoms in total. The zero-order chi connectivity index (χ0) is 28.5. The van der Waals surface area contributed by atoms with Gasteiger partial charge in [0.1, 0.15) is 5.75 Å². The van der Waals surface area contributed by atoms with Crippen LogP contribution in [-0.4, -0.2) is 28.3 Å². The summed E-state index contributed by atoms with van der Waals surface area (Å²) in [5.41, 5.74) is -1.84. The van der Waals surface area contributed by atoms with Gasteiger partial charge in [-0.1, -0.05) is 43.0 Å². The molecule has 1 aliphatic carbocycles. The summed E-state index contributed by atoms with van der Waals surface area (Å²) >= 11 is 6.20. The van der Waals surface area contributed by atoms with E-state index in [-0.39, 0.29) is 29.2 Å². The van der Waals surface area contributed by atoms with E-state index in [0.717, 1.165) is 49.8 Å². The molecular weight excluding hydrogens is 540 g/mol. The number of aromatic nitrogens is 1. The number of rotatable bonds is 9. The highest BCUT2D eigenvalue weighted by molar-refractivity contribution is 6.30. The van der Waals surface area contributed by atoms with Crippen molar-refractivity contribution >= 4 is 17.6 Å². The molecule has 0 bridgehead atoms. The van der Waals surface area contributed by atoms with Crippen molar-refractivity contribution in [1.82, 2.24) is 4.98 Å². The molecule has 40 heavy (non-hydrogen) atoms. The van der Waals surface area contributed by atoms with Gasteiger partial charge in [-0.15, -0.1) is 0 Å². The molecule has 10 heteroatoms. The van der Waals surface area contributed by atoms with Gasteiger partial charge in [0.05, 0.1) is 23.5 Å². The molecule has 1 aliphatic heterocycles. The monoisotopic (exact) mass is 569 g/mol. The minimum absolute atomic E-state index is 0.180. The van der Waals surface area contributed by atoms with Crippen LogP contribution in [0.15, 0.2) is 64.7 Å². The number of pyridine rings is 1. The van der Waals surface area contributed by atoms with Crippen LogP contribution in [0, 0.1) is 23.5 Å². The maximum Gasteiger partial charge on any atom is 0.347 e. The van der Waals surface area contributed by atoms with E-state index >= 15 is 0 Å². The van der Waals surface area contributed by atoms with E-state index in [1.165, 1.54) is 20.0 Å². The molecule has 0 radical (unpaired) electrons. The largest absolute Gasteiger partial charge is 0.478 e. The maximum absolute atomic E-state index is 14.2. The van der Waals surface area contributed by atoms with Gasteiger partial charge in [-0.2, -0.15) is 0 Å². The molecule has 3 aromatic rings. The number of hydrogen-bond donors (Lipinski definition) is 1. The maximum atomic E-state index is 14.2. The third kappa shape index (κ3) is 5.66. The minimum atomic E-state index is -1.42. The van der Waals surface area contributed by atoms with Gasteiger partial charge in [-0.3, -0.25) is 0 Å². The van der Waals surface area contributed by atoms with Crippen LogP contribution >= 0.6 is 11.6 Å². The summed E-state index contributed by atoms with van der Waals surface area (Å²) in [6, 6.07) is 12.6. The fourth-order valence-electron chi connectivity index (χ4n) is 5.44. The van der Waals surface area contributed by atoms with Crippen molar-refractivity contribution in [2.24, 2.45) is 21.8 Å².